The Morgan fingerprint density at radius 2 is 1.57 bits per heavy atom. The van der Waals surface area contributed by atoms with Crippen molar-refractivity contribution in [2.45, 2.75) is 26.3 Å². The third kappa shape index (κ3) is 4.89. The molecule has 0 saturated heterocycles. The van der Waals surface area contributed by atoms with E-state index in [-0.39, 0.29) is 11.4 Å². The van der Waals surface area contributed by atoms with Gasteiger partial charge >= 0.3 is 0 Å². The van der Waals surface area contributed by atoms with Crippen LogP contribution in [0.5, 0.6) is 0 Å². The van der Waals surface area contributed by atoms with E-state index in [4.69, 9.17) is 0 Å². The van der Waals surface area contributed by atoms with Crippen molar-refractivity contribution < 1.29 is 4.39 Å². The molecule has 2 aromatic rings. The second-order valence-electron chi connectivity index (χ2n) is 5.75. The van der Waals surface area contributed by atoms with Gasteiger partial charge in [-0.25, -0.2) is 4.39 Å². The minimum atomic E-state index is -0.257. The number of hydrogen-bond acceptors (Lipinski definition) is 1. The SMILES string of the molecule is CC(C)(C)N=C(C#Cc1ccc(F)cc1)c1ccccc1. The lowest BCUT2D eigenvalue weighted by molar-refractivity contribution is 0.585. The predicted octanol–water partition coefficient (Wildman–Crippen LogP) is 4.47. The van der Waals surface area contributed by atoms with E-state index in [1.165, 1.54) is 12.1 Å². The fourth-order valence-electron chi connectivity index (χ4n) is 1.76. The molecule has 21 heavy (non-hydrogen) atoms. The second kappa shape index (κ2) is 6.37. The van der Waals surface area contributed by atoms with Gasteiger partial charge in [-0.15, -0.1) is 0 Å². The summed E-state index contributed by atoms with van der Waals surface area (Å²) in [5.74, 6) is 5.89. The standard InChI is InChI=1S/C19H18FN/c1-19(2,3)21-18(16-7-5-4-6-8-16)14-11-15-9-12-17(20)13-10-15/h4-10,12-13H,1-3H3. The van der Waals surface area contributed by atoms with Crippen LogP contribution in [-0.2, 0) is 0 Å². The zero-order valence-corrected chi connectivity index (χ0v) is 12.5. The molecule has 1 nitrogen and oxygen atoms in total. The van der Waals surface area contributed by atoms with Crippen molar-refractivity contribution in [1.82, 2.24) is 0 Å². The van der Waals surface area contributed by atoms with E-state index in [0.717, 1.165) is 16.8 Å². The maximum atomic E-state index is 12.9. The number of aliphatic imine (C=N–C) groups is 1. The van der Waals surface area contributed by atoms with E-state index in [1.54, 1.807) is 12.1 Å². The van der Waals surface area contributed by atoms with Crippen molar-refractivity contribution in [2.24, 2.45) is 4.99 Å². The summed E-state index contributed by atoms with van der Waals surface area (Å²) in [4.78, 5) is 4.68. The molecule has 0 radical (unpaired) electrons. The fraction of sp³-hybridized carbons (Fsp3) is 0.211. The summed E-state index contributed by atoms with van der Waals surface area (Å²) in [5, 5.41) is 0. The van der Waals surface area contributed by atoms with E-state index in [1.807, 2.05) is 51.1 Å². The summed E-state index contributed by atoms with van der Waals surface area (Å²) in [6.45, 7) is 6.11. The molecule has 0 aliphatic rings. The maximum Gasteiger partial charge on any atom is 0.123 e. The molecule has 0 aromatic heterocycles. The summed E-state index contributed by atoms with van der Waals surface area (Å²) >= 11 is 0. The predicted molar refractivity (Wildman–Crippen MR) is 86.0 cm³/mol. The topological polar surface area (TPSA) is 12.4 Å². The van der Waals surface area contributed by atoms with Gasteiger partial charge in [0.1, 0.15) is 11.5 Å². The van der Waals surface area contributed by atoms with Crippen LogP contribution >= 0.6 is 0 Å². The van der Waals surface area contributed by atoms with Crippen LogP contribution in [0.25, 0.3) is 0 Å². The van der Waals surface area contributed by atoms with Gasteiger partial charge in [0, 0.05) is 11.1 Å². The first-order valence-electron chi connectivity index (χ1n) is 6.87. The molecule has 0 bridgehead atoms. The molecule has 0 amide bonds. The van der Waals surface area contributed by atoms with E-state index >= 15 is 0 Å². The second-order valence-corrected chi connectivity index (χ2v) is 5.75. The highest BCUT2D eigenvalue weighted by atomic mass is 19.1. The largest absolute Gasteiger partial charge is 0.270 e. The van der Waals surface area contributed by atoms with Gasteiger partial charge in [0.15, 0.2) is 0 Å². The van der Waals surface area contributed by atoms with Crippen molar-refractivity contribution in [1.29, 1.82) is 0 Å². The molecule has 0 saturated carbocycles. The third-order valence-electron chi connectivity index (χ3n) is 2.66. The fourth-order valence-corrected chi connectivity index (χ4v) is 1.76. The molecule has 2 heteroatoms. The summed E-state index contributed by atoms with van der Waals surface area (Å²) in [6.07, 6.45) is 0. The minimum Gasteiger partial charge on any atom is -0.270 e. The van der Waals surface area contributed by atoms with Crippen molar-refractivity contribution in [3.63, 3.8) is 0 Å². The quantitative estimate of drug-likeness (QED) is 0.539. The van der Waals surface area contributed by atoms with Crippen molar-refractivity contribution >= 4 is 5.71 Å². The molecule has 0 aliphatic carbocycles. The Morgan fingerprint density at radius 1 is 0.952 bits per heavy atom. The van der Waals surface area contributed by atoms with Gasteiger partial charge in [-0.05, 0) is 51.0 Å². The molecule has 0 spiro atoms. The van der Waals surface area contributed by atoms with Crippen LogP contribution in [0, 0.1) is 17.7 Å². The number of rotatable bonds is 1. The average Bonchev–Trinajstić information content (AvgIpc) is 2.45. The van der Waals surface area contributed by atoms with Gasteiger partial charge in [-0.3, -0.25) is 4.99 Å². The Bertz CT molecular complexity index is 680. The molecule has 106 valence electrons. The van der Waals surface area contributed by atoms with Crippen LogP contribution in [-0.4, -0.2) is 11.3 Å². The number of halogens is 1. The monoisotopic (exact) mass is 279 g/mol. The highest BCUT2D eigenvalue weighted by Gasteiger charge is 2.10. The normalized spacial score (nSPS) is 11.7. The van der Waals surface area contributed by atoms with Gasteiger partial charge in [-0.2, -0.15) is 0 Å². The Labute approximate surface area is 125 Å². The molecule has 0 unspecified atom stereocenters. The Balaban J connectivity index is 2.39. The lowest BCUT2D eigenvalue weighted by atomic mass is 10.1. The molecule has 0 heterocycles. The maximum absolute atomic E-state index is 12.9. The highest BCUT2D eigenvalue weighted by molar-refractivity contribution is 6.13. The average molecular weight is 279 g/mol. The molecule has 0 aliphatic heterocycles. The Hall–Kier alpha value is -2.40. The first-order chi connectivity index (χ1) is 9.94. The molecule has 0 N–H and O–H groups in total. The third-order valence-corrected chi connectivity index (χ3v) is 2.66. The van der Waals surface area contributed by atoms with E-state index in [2.05, 4.69) is 16.8 Å². The van der Waals surface area contributed by atoms with E-state index in [9.17, 15) is 4.39 Å². The smallest absolute Gasteiger partial charge is 0.123 e. The Morgan fingerprint density at radius 3 is 2.14 bits per heavy atom. The summed E-state index contributed by atoms with van der Waals surface area (Å²) < 4.78 is 12.9. The lowest BCUT2D eigenvalue weighted by Gasteiger charge is -2.13. The zero-order valence-electron chi connectivity index (χ0n) is 12.5. The van der Waals surface area contributed by atoms with Gasteiger partial charge in [-0.1, -0.05) is 36.3 Å². The lowest BCUT2D eigenvalue weighted by Crippen LogP contribution is -2.14. The summed E-state index contributed by atoms with van der Waals surface area (Å²) in [5.41, 5.74) is 2.30. The van der Waals surface area contributed by atoms with Crippen molar-refractivity contribution in [2.75, 3.05) is 0 Å². The van der Waals surface area contributed by atoms with Crippen molar-refractivity contribution in [3.8, 4) is 11.8 Å². The van der Waals surface area contributed by atoms with Gasteiger partial charge < -0.3 is 0 Å². The summed E-state index contributed by atoms with van der Waals surface area (Å²) in [7, 11) is 0. The van der Waals surface area contributed by atoms with Crippen LogP contribution in [0.2, 0.25) is 0 Å². The Kier molecular flexibility index (Phi) is 4.55. The number of hydrogen-bond donors (Lipinski definition) is 0. The molecule has 2 aromatic carbocycles. The van der Waals surface area contributed by atoms with Crippen LogP contribution in [0.1, 0.15) is 31.9 Å². The minimum absolute atomic E-state index is 0.206. The molecule has 2 rings (SSSR count). The molecular formula is C19H18FN. The van der Waals surface area contributed by atoms with E-state index in [0.29, 0.717) is 0 Å². The van der Waals surface area contributed by atoms with E-state index < -0.39 is 0 Å². The van der Waals surface area contributed by atoms with Gasteiger partial charge in [0.05, 0.1) is 5.54 Å². The zero-order chi connectivity index (χ0) is 15.3. The summed E-state index contributed by atoms with van der Waals surface area (Å²) in [6, 6.07) is 16.0. The number of benzene rings is 2. The van der Waals surface area contributed by atoms with Crippen LogP contribution in [0.4, 0.5) is 4.39 Å². The van der Waals surface area contributed by atoms with Gasteiger partial charge in [0.25, 0.3) is 0 Å². The number of nitrogens with zero attached hydrogens (tertiary/aromatic N) is 1. The van der Waals surface area contributed by atoms with Crippen LogP contribution < -0.4 is 0 Å². The highest BCUT2D eigenvalue weighted by Crippen LogP contribution is 2.11. The molecular weight excluding hydrogens is 261 g/mol. The molecule has 0 atom stereocenters. The van der Waals surface area contributed by atoms with Crippen LogP contribution in [0.3, 0.4) is 0 Å². The van der Waals surface area contributed by atoms with Crippen LogP contribution in [0.15, 0.2) is 59.6 Å². The first kappa shape index (κ1) is 15.0. The van der Waals surface area contributed by atoms with Gasteiger partial charge in [0.2, 0.25) is 0 Å². The van der Waals surface area contributed by atoms with Crippen molar-refractivity contribution in [3.05, 3.63) is 71.5 Å². The molecule has 0 fully saturated rings. The first-order valence-corrected chi connectivity index (χ1v) is 6.87.